The second-order valence-corrected chi connectivity index (χ2v) is 2.77. The first-order chi connectivity index (χ1) is 4.27. The van der Waals surface area contributed by atoms with Gasteiger partial charge in [0.1, 0.15) is 0 Å². The highest BCUT2D eigenvalue weighted by Gasteiger charge is 1.76. The molecular formula is C8H12S. The third kappa shape index (κ3) is 7.65. The van der Waals surface area contributed by atoms with E-state index < -0.39 is 0 Å². The van der Waals surface area contributed by atoms with Crippen molar-refractivity contribution in [3.05, 3.63) is 11.6 Å². The maximum absolute atomic E-state index is 2.93. The van der Waals surface area contributed by atoms with Crippen LogP contribution in [-0.2, 0) is 0 Å². The number of hydrogen-bond donors (Lipinski definition) is 0. The number of thioether (sulfide) groups is 1. The lowest BCUT2D eigenvalue weighted by Gasteiger charge is -1.85. The zero-order valence-electron chi connectivity index (χ0n) is 6.19. The van der Waals surface area contributed by atoms with Crippen LogP contribution in [0.3, 0.4) is 0 Å². The first-order valence-corrected chi connectivity index (χ1v) is 3.93. The highest BCUT2D eigenvalue weighted by atomic mass is 32.2. The zero-order valence-corrected chi connectivity index (χ0v) is 7.01. The van der Waals surface area contributed by atoms with E-state index >= 15 is 0 Å². The molecule has 0 aliphatic heterocycles. The maximum Gasteiger partial charge on any atom is 0.0240 e. The zero-order chi connectivity index (χ0) is 7.11. The van der Waals surface area contributed by atoms with E-state index in [4.69, 9.17) is 0 Å². The summed E-state index contributed by atoms with van der Waals surface area (Å²) in [4.78, 5) is 0. The Morgan fingerprint density at radius 1 is 1.56 bits per heavy atom. The molecule has 0 aliphatic carbocycles. The normalized spacial score (nSPS) is 7.44. The lowest BCUT2D eigenvalue weighted by Crippen LogP contribution is -1.68. The van der Waals surface area contributed by atoms with Crippen LogP contribution in [0.5, 0.6) is 0 Å². The van der Waals surface area contributed by atoms with Crippen molar-refractivity contribution in [3.8, 4) is 11.2 Å². The van der Waals surface area contributed by atoms with E-state index in [-0.39, 0.29) is 0 Å². The van der Waals surface area contributed by atoms with Crippen molar-refractivity contribution in [2.45, 2.75) is 20.8 Å². The molecule has 0 atom stereocenters. The molecule has 0 aromatic heterocycles. The maximum atomic E-state index is 2.93. The van der Waals surface area contributed by atoms with Gasteiger partial charge >= 0.3 is 0 Å². The van der Waals surface area contributed by atoms with Gasteiger partial charge in [0.05, 0.1) is 0 Å². The molecule has 0 spiro atoms. The number of rotatable bonds is 2. The molecule has 0 radical (unpaired) electrons. The molecule has 0 N–H and O–H groups in total. The van der Waals surface area contributed by atoms with Gasteiger partial charge in [0.25, 0.3) is 0 Å². The second kappa shape index (κ2) is 5.78. The number of allylic oxidation sites excluding steroid dienone is 1. The molecule has 0 nitrogen and oxygen atoms in total. The van der Waals surface area contributed by atoms with Gasteiger partial charge in [-0.1, -0.05) is 29.3 Å². The fraction of sp³-hybridized carbons (Fsp3) is 0.500. The molecule has 1 heteroatoms. The predicted octanol–water partition coefficient (Wildman–Crippen LogP) is 2.67. The van der Waals surface area contributed by atoms with Crippen LogP contribution in [0.2, 0.25) is 0 Å². The van der Waals surface area contributed by atoms with Crippen molar-refractivity contribution in [1.82, 2.24) is 0 Å². The van der Waals surface area contributed by atoms with Gasteiger partial charge in [-0.3, -0.25) is 0 Å². The first-order valence-electron chi connectivity index (χ1n) is 2.94. The van der Waals surface area contributed by atoms with Crippen LogP contribution >= 0.6 is 11.8 Å². The Morgan fingerprint density at radius 2 is 2.22 bits per heavy atom. The molecule has 0 unspecified atom stereocenters. The monoisotopic (exact) mass is 140 g/mol. The summed E-state index contributed by atoms with van der Waals surface area (Å²) in [5.74, 6) is 3.84. The third-order valence-corrected chi connectivity index (χ3v) is 1.43. The van der Waals surface area contributed by atoms with Gasteiger partial charge in [-0.05, 0) is 26.0 Å². The van der Waals surface area contributed by atoms with Gasteiger partial charge in [-0.15, -0.1) is 0 Å². The minimum absolute atomic E-state index is 1.02. The van der Waals surface area contributed by atoms with Crippen molar-refractivity contribution in [2.24, 2.45) is 0 Å². The molecule has 50 valence electrons. The average molecular weight is 140 g/mol. The molecule has 0 aromatic rings. The summed E-state index contributed by atoms with van der Waals surface area (Å²) in [7, 11) is 0. The molecule has 0 bridgehead atoms. The standard InChI is InChI=1S/C8H12S/c1-4-6-9-7-5-8(2)3/h5H,7H2,1-3H3. The minimum Gasteiger partial charge on any atom is -0.0947 e. The molecule has 0 saturated heterocycles. The molecule has 0 fully saturated rings. The third-order valence-electron chi connectivity index (χ3n) is 0.749. The lowest BCUT2D eigenvalue weighted by atomic mass is 10.3. The van der Waals surface area contributed by atoms with Crippen LogP contribution in [0.15, 0.2) is 11.6 Å². The molecule has 0 aliphatic rings. The SMILES string of the molecule is CC#CSCC=C(C)C. The fourth-order valence-electron chi connectivity index (χ4n) is 0.322. The van der Waals surface area contributed by atoms with Crippen molar-refractivity contribution in [2.75, 3.05) is 5.75 Å². The summed E-state index contributed by atoms with van der Waals surface area (Å²) < 4.78 is 0. The van der Waals surface area contributed by atoms with Crippen LogP contribution in [-0.4, -0.2) is 5.75 Å². The Morgan fingerprint density at radius 3 is 2.67 bits per heavy atom. The van der Waals surface area contributed by atoms with E-state index in [9.17, 15) is 0 Å². The summed E-state index contributed by atoms with van der Waals surface area (Å²) in [6.45, 7) is 6.05. The molecule has 0 amide bonds. The van der Waals surface area contributed by atoms with Crippen molar-refractivity contribution >= 4 is 11.8 Å². The Bertz CT molecular complexity index is 142. The highest BCUT2D eigenvalue weighted by molar-refractivity contribution is 8.04. The van der Waals surface area contributed by atoms with Gasteiger partial charge < -0.3 is 0 Å². The van der Waals surface area contributed by atoms with Crippen LogP contribution in [0.25, 0.3) is 0 Å². The van der Waals surface area contributed by atoms with Gasteiger partial charge in [0, 0.05) is 5.75 Å². The summed E-state index contributed by atoms with van der Waals surface area (Å²) in [5.41, 5.74) is 1.36. The summed E-state index contributed by atoms with van der Waals surface area (Å²) in [5, 5.41) is 2.93. The molecule has 0 aromatic carbocycles. The molecular weight excluding hydrogens is 128 g/mol. The quantitative estimate of drug-likeness (QED) is 0.323. The van der Waals surface area contributed by atoms with Gasteiger partial charge in [0.2, 0.25) is 0 Å². The summed E-state index contributed by atoms with van der Waals surface area (Å²) >= 11 is 1.64. The van der Waals surface area contributed by atoms with Crippen LogP contribution in [0.4, 0.5) is 0 Å². The summed E-state index contributed by atoms with van der Waals surface area (Å²) in [6.07, 6.45) is 2.18. The van der Waals surface area contributed by atoms with Crippen molar-refractivity contribution in [1.29, 1.82) is 0 Å². The van der Waals surface area contributed by atoms with Crippen LogP contribution in [0.1, 0.15) is 20.8 Å². The van der Waals surface area contributed by atoms with E-state index in [1.54, 1.807) is 11.8 Å². The highest BCUT2D eigenvalue weighted by Crippen LogP contribution is 1.99. The first kappa shape index (κ1) is 8.65. The Kier molecular flexibility index (Phi) is 5.56. The van der Waals surface area contributed by atoms with Gasteiger partial charge in [-0.25, -0.2) is 0 Å². The fourth-order valence-corrected chi connectivity index (χ4v) is 0.967. The van der Waals surface area contributed by atoms with Crippen molar-refractivity contribution in [3.63, 3.8) is 0 Å². The lowest BCUT2D eigenvalue weighted by molar-refractivity contribution is 1.37. The van der Waals surface area contributed by atoms with E-state index in [0.29, 0.717) is 0 Å². The van der Waals surface area contributed by atoms with E-state index in [1.165, 1.54) is 5.57 Å². The molecule has 0 rings (SSSR count). The van der Waals surface area contributed by atoms with Gasteiger partial charge in [0.15, 0.2) is 0 Å². The Labute approximate surface area is 61.7 Å². The summed E-state index contributed by atoms with van der Waals surface area (Å²) in [6, 6.07) is 0. The van der Waals surface area contributed by atoms with Crippen molar-refractivity contribution < 1.29 is 0 Å². The van der Waals surface area contributed by atoms with Gasteiger partial charge in [-0.2, -0.15) is 0 Å². The topological polar surface area (TPSA) is 0 Å². The smallest absolute Gasteiger partial charge is 0.0240 e. The Balaban J connectivity index is 3.27. The van der Waals surface area contributed by atoms with Crippen LogP contribution in [0, 0.1) is 11.2 Å². The Hall–Kier alpha value is -0.350. The van der Waals surface area contributed by atoms with E-state index in [1.807, 2.05) is 6.92 Å². The van der Waals surface area contributed by atoms with E-state index in [0.717, 1.165) is 5.75 Å². The average Bonchev–Trinajstić information content (AvgIpc) is 1.80. The molecule has 9 heavy (non-hydrogen) atoms. The molecule has 0 saturated carbocycles. The van der Waals surface area contributed by atoms with Crippen LogP contribution < -0.4 is 0 Å². The second-order valence-electron chi connectivity index (χ2n) is 1.94. The molecule has 0 heterocycles. The van der Waals surface area contributed by atoms with E-state index in [2.05, 4.69) is 31.1 Å². The number of hydrogen-bond acceptors (Lipinski definition) is 1. The predicted molar refractivity (Wildman–Crippen MR) is 45.3 cm³/mol. The minimum atomic E-state index is 1.02. The largest absolute Gasteiger partial charge is 0.0947 e.